The number of esters is 1. The Balaban J connectivity index is 1.90. The molecule has 0 spiro atoms. The zero-order valence-corrected chi connectivity index (χ0v) is 16.6. The average Bonchev–Trinajstić information content (AvgIpc) is 3.05. The fourth-order valence-corrected chi connectivity index (χ4v) is 5.76. The number of carbonyl (C=O) groups is 1. The summed E-state index contributed by atoms with van der Waals surface area (Å²) in [5, 5.41) is 0.736. The fraction of sp³-hybridized carbons (Fsp3) is 0.500. The Morgan fingerprint density at radius 2 is 2.19 bits per heavy atom. The van der Waals surface area contributed by atoms with Gasteiger partial charge in [0.05, 0.1) is 11.5 Å². The van der Waals surface area contributed by atoms with Crippen LogP contribution in [-0.4, -0.2) is 44.4 Å². The van der Waals surface area contributed by atoms with Crippen molar-refractivity contribution < 1.29 is 17.9 Å². The normalized spacial score (nSPS) is 20.2. The van der Waals surface area contributed by atoms with Crippen molar-refractivity contribution in [1.29, 1.82) is 0 Å². The lowest BCUT2D eigenvalue weighted by molar-refractivity contribution is 0.0532. The predicted molar refractivity (Wildman–Crippen MR) is 103 cm³/mol. The van der Waals surface area contributed by atoms with E-state index in [1.807, 2.05) is 6.92 Å². The summed E-state index contributed by atoms with van der Waals surface area (Å²) in [5.74, 6) is -0.201. The maximum Gasteiger partial charge on any atom is 0.348 e. The second-order valence-corrected chi connectivity index (χ2v) is 9.68. The number of carbonyl (C=O) groups excluding carboxylic acids is 1. The minimum absolute atomic E-state index is 0.0282. The second kappa shape index (κ2) is 7.64. The topological polar surface area (TPSA) is 89.7 Å². The highest BCUT2D eigenvalue weighted by atomic mass is 32.2. The smallest absolute Gasteiger partial charge is 0.348 e. The Kier molecular flexibility index (Phi) is 5.67. The van der Waals surface area contributed by atoms with Gasteiger partial charge in [0.25, 0.3) is 0 Å². The van der Waals surface area contributed by atoms with Crippen molar-refractivity contribution >= 4 is 37.4 Å². The van der Waals surface area contributed by atoms with Gasteiger partial charge in [-0.15, -0.1) is 11.3 Å². The van der Waals surface area contributed by atoms with Crippen molar-refractivity contribution in [1.82, 2.24) is 4.31 Å². The Morgan fingerprint density at radius 3 is 2.88 bits per heavy atom. The average molecular weight is 397 g/mol. The quantitative estimate of drug-likeness (QED) is 0.785. The third-order valence-corrected chi connectivity index (χ3v) is 7.72. The molecule has 2 aromatic rings. The number of rotatable bonds is 5. The van der Waals surface area contributed by atoms with Gasteiger partial charge in [0, 0.05) is 23.8 Å². The molecule has 0 bridgehead atoms. The molecule has 1 saturated heterocycles. The molecule has 1 aliphatic rings. The lowest BCUT2D eigenvalue weighted by Crippen LogP contribution is -2.44. The highest BCUT2D eigenvalue weighted by Crippen LogP contribution is 2.31. The van der Waals surface area contributed by atoms with Crippen LogP contribution in [0.2, 0.25) is 0 Å². The minimum atomic E-state index is -3.57. The molecule has 1 fully saturated rings. The second-order valence-electron chi connectivity index (χ2n) is 6.66. The van der Waals surface area contributed by atoms with Gasteiger partial charge >= 0.3 is 5.97 Å². The van der Waals surface area contributed by atoms with Gasteiger partial charge in [0.1, 0.15) is 4.88 Å². The molecule has 2 atom stereocenters. The molecular weight excluding hydrogens is 372 g/mol. The molecule has 1 aromatic heterocycles. The van der Waals surface area contributed by atoms with Crippen molar-refractivity contribution in [2.45, 2.75) is 37.6 Å². The van der Waals surface area contributed by atoms with Crippen LogP contribution < -0.4 is 5.73 Å². The van der Waals surface area contributed by atoms with Gasteiger partial charge < -0.3 is 10.5 Å². The summed E-state index contributed by atoms with van der Waals surface area (Å²) in [7, 11) is -3.57. The first-order valence-corrected chi connectivity index (χ1v) is 11.0. The summed E-state index contributed by atoms with van der Waals surface area (Å²) < 4.78 is 33.5. The SMILES string of the molecule is CCOC(=O)c1cc2cc(S(=O)(=O)N3CCCC(C(C)N)C3)ccc2s1. The zero-order valence-electron chi connectivity index (χ0n) is 15.0. The Bertz CT molecular complexity index is 905. The maximum absolute atomic E-state index is 13.0. The van der Waals surface area contributed by atoms with Crippen molar-refractivity contribution in [3.8, 4) is 0 Å². The van der Waals surface area contributed by atoms with Gasteiger partial charge in [-0.3, -0.25) is 0 Å². The summed E-state index contributed by atoms with van der Waals surface area (Å²) in [6, 6.07) is 6.66. The third-order valence-electron chi connectivity index (χ3n) is 4.77. The van der Waals surface area contributed by atoms with Crippen LogP contribution in [0.3, 0.4) is 0 Å². The van der Waals surface area contributed by atoms with Crippen molar-refractivity contribution in [2.24, 2.45) is 11.7 Å². The first-order chi connectivity index (χ1) is 12.3. The van der Waals surface area contributed by atoms with E-state index >= 15 is 0 Å². The molecule has 3 rings (SSSR count). The van der Waals surface area contributed by atoms with Gasteiger partial charge in [-0.05, 0) is 62.3 Å². The summed E-state index contributed by atoms with van der Waals surface area (Å²) in [6.07, 6.45) is 1.77. The lowest BCUT2D eigenvalue weighted by Gasteiger charge is -2.33. The fourth-order valence-electron chi connectivity index (χ4n) is 3.26. The maximum atomic E-state index is 13.0. The number of nitrogens with zero attached hydrogens (tertiary/aromatic N) is 1. The van der Waals surface area contributed by atoms with Crippen LogP contribution >= 0.6 is 11.3 Å². The summed E-state index contributed by atoms with van der Waals surface area (Å²) in [4.78, 5) is 12.6. The van der Waals surface area contributed by atoms with Crippen LogP contribution in [-0.2, 0) is 14.8 Å². The van der Waals surface area contributed by atoms with Crippen LogP contribution in [0.5, 0.6) is 0 Å². The molecular formula is C18H24N2O4S2. The van der Waals surface area contributed by atoms with Gasteiger partial charge in [0.15, 0.2) is 0 Å². The Labute approximate surface area is 158 Å². The van der Waals surface area contributed by atoms with E-state index in [2.05, 4.69) is 0 Å². The number of hydrogen-bond acceptors (Lipinski definition) is 6. The van der Waals surface area contributed by atoms with Gasteiger partial charge in [-0.2, -0.15) is 4.31 Å². The largest absolute Gasteiger partial charge is 0.462 e. The number of benzene rings is 1. The van der Waals surface area contributed by atoms with Crippen molar-refractivity contribution in [3.05, 3.63) is 29.1 Å². The molecule has 1 aliphatic heterocycles. The van der Waals surface area contributed by atoms with Gasteiger partial charge in [-0.25, -0.2) is 13.2 Å². The van der Waals surface area contributed by atoms with Crippen molar-refractivity contribution in [2.75, 3.05) is 19.7 Å². The molecule has 2 unspecified atom stereocenters. The summed E-state index contributed by atoms with van der Waals surface area (Å²) in [6.45, 7) is 4.96. The van der Waals surface area contributed by atoms with E-state index in [4.69, 9.17) is 10.5 Å². The zero-order chi connectivity index (χ0) is 18.9. The highest BCUT2D eigenvalue weighted by molar-refractivity contribution is 7.89. The monoisotopic (exact) mass is 396 g/mol. The third kappa shape index (κ3) is 3.78. The van der Waals surface area contributed by atoms with E-state index in [1.165, 1.54) is 15.6 Å². The molecule has 2 N–H and O–H groups in total. The number of hydrogen-bond donors (Lipinski definition) is 1. The summed E-state index contributed by atoms with van der Waals surface area (Å²) >= 11 is 1.31. The summed E-state index contributed by atoms with van der Waals surface area (Å²) in [5.41, 5.74) is 5.98. The molecule has 8 heteroatoms. The van der Waals surface area contributed by atoms with E-state index in [1.54, 1.807) is 31.2 Å². The lowest BCUT2D eigenvalue weighted by atomic mass is 9.93. The van der Waals surface area contributed by atoms with Gasteiger partial charge in [-0.1, -0.05) is 0 Å². The van der Waals surface area contributed by atoms with E-state index in [9.17, 15) is 13.2 Å². The first-order valence-electron chi connectivity index (χ1n) is 8.79. The van der Waals surface area contributed by atoms with Gasteiger partial charge in [0.2, 0.25) is 10.0 Å². The molecule has 26 heavy (non-hydrogen) atoms. The number of thiophene rings is 1. The van der Waals surface area contributed by atoms with Crippen LogP contribution in [0.25, 0.3) is 10.1 Å². The van der Waals surface area contributed by atoms with E-state index < -0.39 is 10.0 Å². The van der Waals surface area contributed by atoms with E-state index in [-0.39, 0.29) is 22.8 Å². The molecule has 1 aromatic carbocycles. The van der Waals surface area contributed by atoms with Crippen LogP contribution in [0.4, 0.5) is 0 Å². The van der Waals surface area contributed by atoms with Crippen LogP contribution in [0.1, 0.15) is 36.4 Å². The van der Waals surface area contributed by atoms with Crippen molar-refractivity contribution in [3.63, 3.8) is 0 Å². The molecule has 0 amide bonds. The number of sulfonamides is 1. The molecule has 2 heterocycles. The standard InChI is InChI=1S/C18H24N2O4S2/c1-3-24-18(21)17-10-14-9-15(6-7-16(14)25-17)26(22,23)20-8-4-5-13(11-20)12(2)19/h6-7,9-10,12-13H,3-5,8,11,19H2,1-2H3. The molecule has 6 nitrogen and oxygen atoms in total. The van der Waals surface area contributed by atoms with Crippen LogP contribution in [0, 0.1) is 5.92 Å². The first kappa shape index (κ1) is 19.3. The highest BCUT2D eigenvalue weighted by Gasteiger charge is 2.31. The number of nitrogens with two attached hydrogens (primary N) is 1. The van der Waals surface area contributed by atoms with E-state index in [0.717, 1.165) is 22.9 Å². The number of ether oxygens (including phenoxy) is 1. The van der Waals surface area contributed by atoms with E-state index in [0.29, 0.717) is 24.6 Å². The Hall–Kier alpha value is -1.48. The molecule has 142 valence electrons. The van der Waals surface area contributed by atoms with Crippen LogP contribution in [0.15, 0.2) is 29.2 Å². The number of fused-ring (bicyclic) bond motifs is 1. The minimum Gasteiger partial charge on any atom is -0.462 e. The Morgan fingerprint density at radius 1 is 1.42 bits per heavy atom. The predicted octanol–water partition coefficient (Wildman–Crippen LogP) is 2.83. The molecule has 0 radical (unpaired) electrons. The molecule has 0 saturated carbocycles. The molecule has 0 aliphatic carbocycles. The number of piperidine rings is 1.